The Morgan fingerprint density at radius 3 is 2.08 bits per heavy atom. The molecule has 0 bridgehead atoms. The van der Waals surface area contributed by atoms with Gasteiger partial charge in [-0.05, 0) is 12.8 Å². The van der Waals surface area contributed by atoms with E-state index in [1.165, 1.54) is 0 Å². The third-order valence-electron chi connectivity index (χ3n) is 4.98. The molecule has 0 aromatic carbocycles. The predicted octanol–water partition coefficient (Wildman–Crippen LogP) is 3.52. The van der Waals surface area contributed by atoms with E-state index in [2.05, 4.69) is 52.5 Å². The van der Waals surface area contributed by atoms with Crippen LogP contribution in [0.4, 0.5) is 5.82 Å². The number of hydrogen-bond donors (Lipinski definition) is 0. The minimum absolute atomic E-state index is 0.00907. The van der Waals surface area contributed by atoms with Crippen molar-refractivity contribution < 1.29 is 4.79 Å². The number of nitrogens with zero attached hydrogens (tertiary/aromatic N) is 4. The van der Waals surface area contributed by atoms with E-state index in [1.807, 2.05) is 11.9 Å². The molecule has 2 heterocycles. The van der Waals surface area contributed by atoms with Crippen LogP contribution in [0.3, 0.4) is 0 Å². The minimum Gasteiger partial charge on any atom is -0.356 e. The molecule has 1 aromatic heterocycles. The summed E-state index contributed by atoms with van der Waals surface area (Å²) in [6, 6.07) is 2.48. The van der Waals surface area contributed by atoms with Gasteiger partial charge in [0.1, 0.15) is 11.6 Å². The van der Waals surface area contributed by atoms with Crippen LogP contribution in [0, 0.1) is 0 Å². The standard InChI is InChI=1S/C20H34N4O/c1-14(25)23(8)15-9-11-24(12-10-15)17-13-16(19(2,3)4)21-18(22-17)20(5,6)7/h13,15H,9-12H2,1-8H3. The fourth-order valence-corrected chi connectivity index (χ4v) is 3.06. The van der Waals surface area contributed by atoms with Crippen LogP contribution in [0.5, 0.6) is 0 Å². The number of piperidine rings is 1. The molecule has 0 spiro atoms. The summed E-state index contributed by atoms with van der Waals surface area (Å²) in [6.45, 7) is 16.5. The van der Waals surface area contributed by atoms with E-state index in [0.29, 0.717) is 6.04 Å². The number of aromatic nitrogens is 2. The molecule has 5 heteroatoms. The molecule has 0 saturated carbocycles. The van der Waals surface area contributed by atoms with Gasteiger partial charge in [0, 0.05) is 50.0 Å². The molecule has 1 aliphatic rings. The van der Waals surface area contributed by atoms with Crippen molar-refractivity contribution in [1.82, 2.24) is 14.9 Å². The lowest BCUT2D eigenvalue weighted by Crippen LogP contribution is -2.45. The molecule has 0 unspecified atom stereocenters. The van der Waals surface area contributed by atoms with Crippen molar-refractivity contribution in [3.05, 3.63) is 17.6 Å². The third-order valence-corrected chi connectivity index (χ3v) is 4.98. The van der Waals surface area contributed by atoms with Gasteiger partial charge in [-0.2, -0.15) is 0 Å². The Morgan fingerprint density at radius 1 is 1.08 bits per heavy atom. The third kappa shape index (κ3) is 4.71. The maximum atomic E-state index is 11.6. The highest BCUT2D eigenvalue weighted by Crippen LogP contribution is 2.29. The molecule has 140 valence electrons. The molecular formula is C20H34N4O. The molecule has 1 aromatic rings. The quantitative estimate of drug-likeness (QED) is 0.822. The van der Waals surface area contributed by atoms with E-state index >= 15 is 0 Å². The van der Waals surface area contributed by atoms with Gasteiger partial charge in [-0.15, -0.1) is 0 Å². The van der Waals surface area contributed by atoms with Gasteiger partial charge >= 0.3 is 0 Å². The zero-order valence-corrected chi connectivity index (χ0v) is 17.2. The van der Waals surface area contributed by atoms with Crippen molar-refractivity contribution in [3.8, 4) is 0 Å². The summed E-state index contributed by atoms with van der Waals surface area (Å²) in [6.07, 6.45) is 1.96. The Hall–Kier alpha value is -1.65. The monoisotopic (exact) mass is 346 g/mol. The highest BCUT2D eigenvalue weighted by molar-refractivity contribution is 5.73. The van der Waals surface area contributed by atoms with Crippen molar-refractivity contribution in [2.75, 3.05) is 25.0 Å². The van der Waals surface area contributed by atoms with Crippen LogP contribution in [0.1, 0.15) is 72.8 Å². The molecule has 0 N–H and O–H groups in total. The van der Waals surface area contributed by atoms with Crippen molar-refractivity contribution in [2.24, 2.45) is 0 Å². The van der Waals surface area contributed by atoms with Gasteiger partial charge in [-0.1, -0.05) is 41.5 Å². The van der Waals surface area contributed by atoms with Crippen molar-refractivity contribution in [1.29, 1.82) is 0 Å². The van der Waals surface area contributed by atoms with E-state index in [0.717, 1.165) is 43.3 Å². The van der Waals surface area contributed by atoms with E-state index in [1.54, 1.807) is 6.92 Å². The normalized spacial score (nSPS) is 16.9. The van der Waals surface area contributed by atoms with Crippen molar-refractivity contribution in [2.45, 2.75) is 78.2 Å². The molecule has 1 amide bonds. The molecule has 1 aliphatic heterocycles. The fourth-order valence-electron chi connectivity index (χ4n) is 3.06. The summed E-state index contributed by atoms with van der Waals surface area (Å²) >= 11 is 0. The Labute approximate surface area is 152 Å². The number of amides is 1. The van der Waals surface area contributed by atoms with Gasteiger partial charge in [0.05, 0.1) is 5.69 Å². The summed E-state index contributed by atoms with van der Waals surface area (Å²) in [4.78, 5) is 25.5. The van der Waals surface area contributed by atoms with Crippen LogP contribution in [0.2, 0.25) is 0 Å². The first-order valence-electron chi connectivity index (χ1n) is 9.28. The van der Waals surface area contributed by atoms with E-state index in [4.69, 9.17) is 9.97 Å². The van der Waals surface area contributed by atoms with Gasteiger partial charge in [0.15, 0.2) is 0 Å². The molecule has 0 aliphatic carbocycles. The zero-order chi connectivity index (χ0) is 19.0. The second-order valence-corrected chi connectivity index (χ2v) is 9.28. The van der Waals surface area contributed by atoms with Crippen LogP contribution >= 0.6 is 0 Å². The van der Waals surface area contributed by atoms with Crippen LogP contribution in [-0.4, -0.2) is 47.0 Å². The average molecular weight is 347 g/mol. The number of rotatable bonds is 2. The van der Waals surface area contributed by atoms with Crippen LogP contribution in [0.15, 0.2) is 6.07 Å². The highest BCUT2D eigenvalue weighted by atomic mass is 16.2. The average Bonchev–Trinajstić information content (AvgIpc) is 2.52. The lowest BCUT2D eigenvalue weighted by Gasteiger charge is -2.37. The molecule has 2 rings (SSSR count). The van der Waals surface area contributed by atoms with Crippen LogP contribution in [-0.2, 0) is 15.6 Å². The lowest BCUT2D eigenvalue weighted by atomic mass is 9.90. The first-order valence-corrected chi connectivity index (χ1v) is 9.28. The van der Waals surface area contributed by atoms with E-state index in [-0.39, 0.29) is 16.7 Å². The summed E-state index contributed by atoms with van der Waals surface area (Å²) in [5, 5.41) is 0. The van der Waals surface area contributed by atoms with Gasteiger partial charge < -0.3 is 9.80 Å². The van der Waals surface area contributed by atoms with Gasteiger partial charge in [0.25, 0.3) is 0 Å². The SMILES string of the molecule is CC(=O)N(C)C1CCN(c2cc(C(C)(C)C)nc(C(C)(C)C)n2)CC1. The molecule has 25 heavy (non-hydrogen) atoms. The number of anilines is 1. The Morgan fingerprint density at radius 2 is 1.64 bits per heavy atom. The predicted molar refractivity (Wildman–Crippen MR) is 103 cm³/mol. The molecule has 1 fully saturated rings. The molecule has 5 nitrogen and oxygen atoms in total. The number of hydrogen-bond acceptors (Lipinski definition) is 4. The Balaban J connectivity index is 2.26. The summed E-state index contributed by atoms with van der Waals surface area (Å²) in [5.74, 6) is 2.07. The number of carbonyl (C=O) groups excluding carboxylic acids is 1. The van der Waals surface area contributed by atoms with Gasteiger partial charge in [-0.3, -0.25) is 4.79 Å². The summed E-state index contributed by atoms with van der Waals surface area (Å²) in [7, 11) is 1.91. The second-order valence-electron chi connectivity index (χ2n) is 9.28. The maximum Gasteiger partial charge on any atom is 0.219 e. The molecule has 0 radical (unpaired) electrons. The van der Waals surface area contributed by atoms with E-state index < -0.39 is 0 Å². The summed E-state index contributed by atoms with van der Waals surface area (Å²) < 4.78 is 0. The lowest BCUT2D eigenvalue weighted by molar-refractivity contribution is -0.129. The number of carbonyl (C=O) groups is 1. The highest BCUT2D eigenvalue weighted by Gasteiger charge is 2.28. The minimum atomic E-state index is -0.0802. The molecular weight excluding hydrogens is 312 g/mol. The van der Waals surface area contributed by atoms with Gasteiger partial charge in [0.2, 0.25) is 5.91 Å². The molecule has 1 saturated heterocycles. The smallest absolute Gasteiger partial charge is 0.219 e. The maximum absolute atomic E-state index is 11.6. The van der Waals surface area contributed by atoms with Gasteiger partial charge in [-0.25, -0.2) is 9.97 Å². The largest absolute Gasteiger partial charge is 0.356 e. The Kier molecular flexibility index (Phi) is 5.45. The molecule has 0 atom stereocenters. The van der Waals surface area contributed by atoms with Crippen LogP contribution in [0.25, 0.3) is 0 Å². The van der Waals surface area contributed by atoms with Crippen molar-refractivity contribution in [3.63, 3.8) is 0 Å². The first kappa shape index (κ1) is 19.7. The fraction of sp³-hybridized carbons (Fsp3) is 0.750. The summed E-state index contributed by atoms with van der Waals surface area (Å²) in [5.41, 5.74) is 0.999. The first-order chi connectivity index (χ1) is 11.4. The second kappa shape index (κ2) is 6.93. The topological polar surface area (TPSA) is 49.3 Å². The van der Waals surface area contributed by atoms with E-state index in [9.17, 15) is 4.79 Å². The van der Waals surface area contributed by atoms with Crippen molar-refractivity contribution >= 4 is 11.7 Å². The van der Waals surface area contributed by atoms with Crippen LogP contribution < -0.4 is 4.90 Å². The zero-order valence-electron chi connectivity index (χ0n) is 17.2. The Bertz CT molecular complexity index is 587.